The average molecular weight is 172 g/mol. The zero-order valence-electron chi connectivity index (χ0n) is 7.76. The van der Waals surface area contributed by atoms with E-state index in [1.54, 1.807) is 0 Å². The number of rotatable bonds is 2. The number of ether oxygens (including phenoxy) is 2. The molecular formula is C9H16O3. The first-order valence-electron chi connectivity index (χ1n) is 4.46. The molecule has 1 aliphatic rings. The van der Waals surface area contributed by atoms with Crippen LogP contribution in [0.4, 0.5) is 0 Å². The van der Waals surface area contributed by atoms with E-state index in [1.165, 1.54) is 6.92 Å². The van der Waals surface area contributed by atoms with Gasteiger partial charge in [0.25, 0.3) is 0 Å². The van der Waals surface area contributed by atoms with Crippen LogP contribution in [0.2, 0.25) is 0 Å². The minimum atomic E-state index is -0.232. The Morgan fingerprint density at radius 2 is 2.08 bits per heavy atom. The van der Waals surface area contributed by atoms with Crippen molar-refractivity contribution in [1.82, 2.24) is 0 Å². The van der Waals surface area contributed by atoms with Crippen LogP contribution in [0, 0.1) is 0 Å². The molecule has 1 rings (SSSR count). The number of carbonyl (C=O) groups excluding carboxylic acids is 1. The molecule has 3 nitrogen and oxygen atoms in total. The molecule has 12 heavy (non-hydrogen) atoms. The molecule has 3 heteroatoms. The molecule has 0 aromatic rings. The van der Waals surface area contributed by atoms with E-state index in [4.69, 9.17) is 9.47 Å². The molecule has 0 atom stereocenters. The lowest BCUT2D eigenvalue weighted by molar-refractivity contribution is -0.167. The minimum Gasteiger partial charge on any atom is -0.459 e. The highest BCUT2D eigenvalue weighted by molar-refractivity contribution is 5.66. The Bertz CT molecular complexity index is 159. The lowest BCUT2D eigenvalue weighted by atomic mass is 9.91. The Hall–Kier alpha value is -0.570. The molecule has 0 spiro atoms. The lowest BCUT2D eigenvalue weighted by Crippen LogP contribution is -2.39. The summed E-state index contributed by atoms with van der Waals surface area (Å²) in [5.74, 6) is -0.182. The van der Waals surface area contributed by atoms with E-state index >= 15 is 0 Å². The molecule has 70 valence electrons. The summed E-state index contributed by atoms with van der Waals surface area (Å²) < 4.78 is 10.5. The van der Waals surface area contributed by atoms with Crippen LogP contribution < -0.4 is 0 Å². The number of hydrogen-bond acceptors (Lipinski definition) is 3. The van der Waals surface area contributed by atoms with Gasteiger partial charge in [-0.2, -0.15) is 0 Å². The highest BCUT2D eigenvalue weighted by Gasteiger charge is 2.33. The predicted molar refractivity (Wildman–Crippen MR) is 44.8 cm³/mol. The normalized spacial score (nSPS) is 21.8. The summed E-state index contributed by atoms with van der Waals surface area (Å²) in [6.45, 7) is 4.93. The number of carbonyl (C=O) groups is 1. The standard InChI is InChI=1S/C9H16O3/c1-3-9(12-8(2)10)4-6-11-7-5-9/h3-7H2,1-2H3. The van der Waals surface area contributed by atoms with E-state index < -0.39 is 0 Å². The third kappa shape index (κ3) is 2.21. The first-order chi connectivity index (χ1) is 5.68. The summed E-state index contributed by atoms with van der Waals surface area (Å²) in [6.07, 6.45) is 2.56. The van der Waals surface area contributed by atoms with Crippen LogP contribution >= 0.6 is 0 Å². The molecule has 0 bridgehead atoms. The van der Waals surface area contributed by atoms with Gasteiger partial charge in [-0.15, -0.1) is 0 Å². The zero-order valence-corrected chi connectivity index (χ0v) is 7.76. The van der Waals surface area contributed by atoms with Crippen molar-refractivity contribution in [2.45, 2.75) is 38.7 Å². The van der Waals surface area contributed by atoms with Crippen LogP contribution in [0.25, 0.3) is 0 Å². The van der Waals surface area contributed by atoms with Gasteiger partial charge in [0.15, 0.2) is 0 Å². The van der Waals surface area contributed by atoms with Crippen LogP contribution in [0.1, 0.15) is 33.1 Å². The van der Waals surface area contributed by atoms with Gasteiger partial charge in [0.05, 0.1) is 13.2 Å². The predicted octanol–water partition coefficient (Wildman–Crippen LogP) is 1.51. The molecule has 0 aromatic carbocycles. The van der Waals surface area contributed by atoms with Crippen molar-refractivity contribution in [1.29, 1.82) is 0 Å². The maximum absolute atomic E-state index is 10.8. The Morgan fingerprint density at radius 3 is 2.50 bits per heavy atom. The minimum absolute atomic E-state index is 0.182. The van der Waals surface area contributed by atoms with Gasteiger partial charge in [0, 0.05) is 19.8 Å². The molecule has 0 aliphatic carbocycles. The van der Waals surface area contributed by atoms with Gasteiger partial charge >= 0.3 is 5.97 Å². The Labute approximate surface area is 73.0 Å². The monoisotopic (exact) mass is 172 g/mol. The molecule has 1 aliphatic heterocycles. The van der Waals surface area contributed by atoms with Gasteiger partial charge in [-0.3, -0.25) is 4.79 Å². The third-order valence-electron chi connectivity index (χ3n) is 2.41. The zero-order chi connectivity index (χ0) is 9.03. The largest absolute Gasteiger partial charge is 0.459 e. The van der Waals surface area contributed by atoms with Crippen molar-refractivity contribution < 1.29 is 14.3 Å². The summed E-state index contributed by atoms with van der Waals surface area (Å²) in [4.78, 5) is 10.8. The Balaban J connectivity index is 2.53. The summed E-state index contributed by atoms with van der Waals surface area (Å²) in [7, 11) is 0. The van der Waals surface area contributed by atoms with Crippen molar-refractivity contribution in [3.05, 3.63) is 0 Å². The second-order valence-corrected chi connectivity index (χ2v) is 3.24. The first kappa shape index (κ1) is 9.52. The smallest absolute Gasteiger partial charge is 0.303 e. The molecule has 0 aromatic heterocycles. The highest BCUT2D eigenvalue weighted by Crippen LogP contribution is 2.28. The summed E-state index contributed by atoms with van der Waals surface area (Å²) >= 11 is 0. The van der Waals surface area contributed by atoms with E-state index in [-0.39, 0.29) is 11.6 Å². The van der Waals surface area contributed by atoms with Crippen LogP contribution in [0.5, 0.6) is 0 Å². The van der Waals surface area contributed by atoms with Crippen molar-refractivity contribution >= 4 is 5.97 Å². The van der Waals surface area contributed by atoms with E-state index in [2.05, 4.69) is 0 Å². The Kier molecular flexibility index (Phi) is 3.09. The van der Waals surface area contributed by atoms with E-state index in [9.17, 15) is 4.79 Å². The molecule has 0 unspecified atom stereocenters. The van der Waals surface area contributed by atoms with Crippen molar-refractivity contribution in [2.75, 3.05) is 13.2 Å². The van der Waals surface area contributed by atoms with Crippen molar-refractivity contribution in [3.8, 4) is 0 Å². The second kappa shape index (κ2) is 3.90. The third-order valence-corrected chi connectivity index (χ3v) is 2.41. The maximum atomic E-state index is 10.8. The van der Waals surface area contributed by atoms with Gasteiger partial charge in [0.1, 0.15) is 5.60 Å². The van der Waals surface area contributed by atoms with E-state index in [0.717, 1.165) is 19.3 Å². The highest BCUT2D eigenvalue weighted by atomic mass is 16.6. The molecule has 1 fully saturated rings. The average Bonchev–Trinajstić information content (AvgIpc) is 2.05. The molecule has 0 N–H and O–H groups in total. The topological polar surface area (TPSA) is 35.5 Å². The Morgan fingerprint density at radius 1 is 1.50 bits per heavy atom. The second-order valence-electron chi connectivity index (χ2n) is 3.24. The molecule has 1 saturated heterocycles. The van der Waals surface area contributed by atoms with Gasteiger partial charge in [-0.05, 0) is 6.42 Å². The van der Waals surface area contributed by atoms with Crippen LogP contribution in [0.3, 0.4) is 0 Å². The molecule has 0 amide bonds. The van der Waals surface area contributed by atoms with Crippen LogP contribution in [-0.2, 0) is 14.3 Å². The lowest BCUT2D eigenvalue weighted by Gasteiger charge is -2.35. The van der Waals surface area contributed by atoms with Gasteiger partial charge in [0.2, 0.25) is 0 Å². The van der Waals surface area contributed by atoms with Crippen LogP contribution in [0.15, 0.2) is 0 Å². The van der Waals surface area contributed by atoms with Crippen molar-refractivity contribution in [2.24, 2.45) is 0 Å². The number of hydrogen-bond donors (Lipinski definition) is 0. The SMILES string of the molecule is CCC1(OC(C)=O)CCOCC1. The molecular weight excluding hydrogens is 156 g/mol. The number of esters is 1. The maximum Gasteiger partial charge on any atom is 0.303 e. The molecule has 0 radical (unpaired) electrons. The fraction of sp³-hybridized carbons (Fsp3) is 0.889. The van der Waals surface area contributed by atoms with Crippen LogP contribution in [-0.4, -0.2) is 24.8 Å². The fourth-order valence-electron chi connectivity index (χ4n) is 1.58. The van der Waals surface area contributed by atoms with E-state index in [1.807, 2.05) is 6.92 Å². The van der Waals surface area contributed by atoms with Gasteiger partial charge < -0.3 is 9.47 Å². The first-order valence-corrected chi connectivity index (χ1v) is 4.46. The van der Waals surface area contributed by atoms with Gasteiger partial charge in [-0.25, -0.2) is 0 Å². The quantitative estimate of drug-likeness (QED) is 0.592. The fourth-order valence-corrected chi connectivity index (χ4v) is 1.58. The summed E-state index contributed by atoms with van der Waals surface area (Å²) in [6, 6.07) is 0. The summed E-state index contributed by atoms with van der Waals surface area (Å²) in [5, 5.41) is 0. The van der Waals surface area contributed by atoms with Crippen molar-refractivity contribution in [3.63, 3.8) is 0 Å². The molecule has 1 heterocycles. The van der Waals surface area contributed by atoms with Gasteiger partial charge in [-0.1, -0.05) is 6.92 Å². The molecule has 0 saturated carbocycles. The van der Waals surface area contributed by atoms with E-state index in [0.29, 0.717) is 13.2 Å². The summed E-state index contributed by atoms with van der Waals surface area (Å²) in [5.41, 5.74) is -0.232.